The lowest BCUT2D eigenvalue weighted by atomic mass is 9.94. The van der Waals surface area contributed by atoms with Gasteiger partial charge in [0.1, 0.15) is 5.60 Å². The van der Waals surface area contributed by atoms with E-state index in [0.717, 1.165) is 27.0 Å². The molecule has 0 saturated carbocycles. The standard InChI is InChI=1S/C17H13BrN2OS/c1-17(9-18)12-4-2-3-5-13(12)20-16(21-17)11-6-7-14-15(8-11)22-10-19-14/h2-8,10H,9H2,1H3/t17-/m0/s1. The molecular formula is C17H13BrN2OS. The first-order valence-electron chi connectivity index (χ1n) is 6.96. The van der Waals surface area contributed by atoms with Crippen LogP contribution in [0.4, 0.5) is 5.69 Å². The lowest BCUT2D eigenvalue weighted by molar-refractivity contribution is 0.0980. The van der Waals surface area contributed by atoms with E-state index in [1.807, 2.05) is 35.8 Å². The lowest BCUT2D eigenvalue weighted by Crippen LogP contribution is -2.33. The first-order chi connectivity index (χ1) is 10.7. The summed E-state index contributed by atoms with van der Waals surface area (Å²) in [6.45, 7) is 2.08. The van der Waals surface area contributed by atoms with Gasteiger partial charge in [0.25, 0.3) is 0 Å². The molecule has 0 fully saturated rings. The molecule has 1 aliphatic rings. The maximum Gasteiger partial charge on any atom is 0.222 e. The highest BCUT2D eigenvalue weighted by atomic mass is 79.9. The monoisotopic (exact) mass is 372 g/mol. The zero-order valence-corrected chi connectivity index (χ0v) is 14.3. The van der Waals surface area contributed by atoms with Gasteiger partial charge in [-0.05, 0) is 31.2 Å². The van der Waals surface area contributed by atoms with Gasteiger partial charge in [0.15, 0.2) is 0 Å². The maximum atomic E-state index is 6.25. The van der Waals surface area contributed by atoms with Crippen LogP contribution >= 0.6 is 27.3 Å². The Morgan fingerprint density at radius 1 is 1.23 bits per heavy atom. The average molecular weight is 373 g/mol. The molecule has 2 heterocycles. The Balaban J connectivity index is 1.87. The number of nitrogens with zero attached hydrogens (tertiary/aromatic N) is 2. The van der Waals surface area contributed by atoms with Crippen molar-refractivity contribution in [3.8, 4) is 0 Å². The van der Waals surface area contributed by atoms with Crippen molar-refractivity contribution in [1.82, 2.24) is 4.98 Å². The van der Waals surface area contributed by atoms with Gasteiger partial charge in [0.2, 0.25) is 5.90 Å². The maximum absolute atomic E-state index is 6.25. The number of para-hydroxylation sites is 1. The molecule has 0 N–H and O–H groups in total. The van der Waals surface area contributed by atoms with Crippen molar-refractivity contribution in [2.24, 2.45) is 4.99 Å². The van der Waals surface area contributed by atoms with E-state index in [0.29, 0.717) is 11.2 Å². The second-order valence-corrected chi connectivity index (χ2v) is 6.88. The van der Waals surface area contributed by atoms with Crippen LogP contribution in [-0.2, 0) is 10.3 Å². The largest absolute Gasteiger partial charge is 0.465 e. The molecule has 1 aromatic heterocycles. The van der Waals surface area contributed by atoms with E-state index in [9.17, 15) is 0 Å². The summed E-state index contributed by atoms with van der Waals surface area (Å²) >= 11 is 5.21. The molecule has 0 radical (unpaired) electrons. The highest BCUT2D eigenvalue weighted by Gasteiger charge is 2.35. The second-order valence-electron chi connectivity index (χ2n) is 5.44. The highest BCUT2D eigenvalue weighted by molar-refractivity contribution is 9.09. The first kappa shape index (κ1) is 13.9. The summed E-state index contributed by atoms with van der Waals surface area (Å²) in [5.41, 5.74) is 5.50. The summed E-state index contributed by atoms with van der Waals surface area (Å²) in [4.78, 5) is 9.02. The number of aliphatic imine (C=N–C) groups is 1. The quantitative estimate of drug-likeness (QED) is 0.592. The van der Waals surface area contributed by atoms with Crippen molar-refractivity contribution < 1.29 is 4.74 Å². The predicted molar refractivity (Wildman–Crippen MR) is 94.5 cm³/mol. The summed E-state index contributed by atoms with van der Waals surface area (Å²) in [5, 5.41) is 0.707. The molecular weight excluding hydrogens is 360 g/mol. The SMILES string of the molecule is C[C@@]1(CBr)OC(c2ccc3ncsc3c2)=Nc2ccccc21. The van der Waals surface area contributed by atoms with Crippen LogP contribution in [-0.4, -0.2) is 16.2 Å². The van der Waals surface area contributed by atoms with Crippen LogP contribution in [0, 0.1) is 0 Å². The topological polar surface area (TPSA) is 34.5 Å². The molecule has 0 bridgehead atoms. The van der Waals surface area contributed by atoms with Gasteiger partial charge in [-0.3, -0.25) is 0 Å². The fraction of sp³-hybridized carbons (Fsp3) is 0.176. The molecule has 110 valence electrons. The number of halogens is 1. The zero-order chi connectivity index (χ0) is 15.2. The van der Waals surface area contributed by atoms with Gasteiger partial charge in [-0.25, -0.2) is 9.98 Å². The van der Waals surface area contributed by atoms with E-state index < -0.39 is 5.60 Å². The van der Waals surface area contributed by atoms with E-state index in [1.165, 1.54) is 0 Å². The molecule has 0 saturated heterocycles. The van der Waals surface area contributed by atoms with E-state index in [-0.39, 0.29) is 0 Å². The minimum absolute atomic E-state index is 0.420. The van der Waals surface area contributed by atoms with E-state index in [1.54, 1.807) is 11.3 Å². The van der Waals surface area contributed by atoms with Crippen molar-refractivity contribution >= 4 is 49.1 Å². The number of hydrogen-bond donors (Lipinski definition) is 0. The number of aromatic nitrogens is 1. The summed E-state index contributed by atoms with van der Waals surface area (Å²) in [6, 6.07) is 14.3. The summed E-state index contributed by atoms with van der Waals surface area (Å²) < 4.78 is 7.39. The summed E-state index contributed by atoms with van der Waals surface area (Å²) in [6.07, 6.45) is 0. The number of rotatable bonds is 2. The van der Waals surface area contributed by atoms with Crippen molar-refractivity contribution in [3.63, 3.8) is 0 Å². The molecule has 22 heavy (non-hydrogen) atoms. The summed E-state index contributed by atoms with van der Waals surface area (Å²) in [7, 11) is 0. The van der Waals surface area contributed by atoms with Gasteiger partial charge in [0, 0.05) is 16.5 Å². The number of fused-ring (bicyclic) bond motifs is 2. The van der Waals surface area contributed by atoms with E-state index in [2.05, 4.69) is 40.0 Å². The van der Waals surface area contributed by atoms with Crippen molar-refractivity contribution in [2.45, 2.75) is 12.5 Å². The Morgan fingerprint density at radius 3 is 2.95 bits per heavy atom. The lowest BCUT2D eigenvalue weighted by Gasteiger charge is -2.34. The van der Waals surface area contributed by atoms with Crippen molar-refractivity contribution in [3.05, 3.63) is 59.1 Å². The Morgan fingerprint density at radius 2 is 2.09 bits per heavy atom. The van der Waals surface area contributed by atoms with Crippen LogP contribution in [0.2, 0.25) is 0 Å². The van der Waals surface area contributed by atoms with Gasteiger partial charge in [-0.1, -0.05) is 34.1 Å². The number of ether oxygens (including phenoxy) is 1. The zero-order valence-electron chi connectivity index (χ0n) is 11.9. The molecule has 0 aliphatic carbocycles. The second kappa shape index (κ2) is 5.18. The third-order valence-corrected chi connectivity index (χ3v) is 5.71. The van der Waals surface area contributed by atoms with Crippen molar-refractivity contribution in [2.75, 3.05) is 5.33 Å². The Bertz CT molecular complexity index is 889. The number of thiazole rings is 1. The molecule has 4 rings (SSSR count). The van der Waals surface area contributed by atoms with E-state index >= 15 is 0 Å². The van der Waals surface area contributed by atoms with Gasteiger partial charge in [0.05, 0.1) is 21.4 Å². The van der Waals surface area contributed by atoms with Crippen LogP contribution in [0.1, 0.15) is 18.1 Å². The highest BCUT2D eigenvalue weighted by Crippen LogP contribution is 2.39. The molecule has 1 atom stereocenters. The molecule has 5 heteroatoms. The Labute approximate surface area is 140 Å². The van der Waals surface area contributed by atoms with Gasteiger partial charge in [-0.2, -0.15) is 0 Å². The predicted octanol–water partition coefficient (Wildman–Crippen LogP) is 5.01. The van der Waals surface area contributed by atoms with Crippen LogP contribution in [0.15, 0.2) is 53.0 Å². The minimum Gasteiger partial charge on any atom is -0.465 e. The minimum atomic E-state index is -0.420. The number of hydrogen-bond acceptors (Lipinski definition) is 4. The Hall–Kier alpha value is -1.72. The van der Waals surface area contributed by atoms with Gasteiger partial charge >= 0.3 is 0 Å². The van der Waals surface area contributed by atoms with E-state index in [4.69, 9.17) is 9.73 Å². The molecule has 0 amide bonds. The van der Waals surface area contributed by atoms with Crippen LogP contribution in [0.3, 0.4) is 0 Å². The molecule has 1 aliphatic heterocycles. The molecule has 3 aromatic rings. The molecule has 0 spiro atoms. The third kappa shape index (κ3) is 2.16. The molecule has 0 unspecified atom stereocenters. The first-order valence-corrected chi connectivity index (χ1v) is 8.96. The summed E-state index contributed by atoms with van der Waals surface area (Å²) in [5.74, 6) is 0.663. The number of benzene rings is 2. The smallest absolute Gasteiger partial charge is 0.222 e. The molecule has 2 aromatic carbocycles. The van der Waals surface area contributed by atoms with Gasteiger partial charge in [-0.15, -0.1) is 11.3 Å². The van der Waals surface area contributed by atoms with Gasteiger partial charge < -0.3 is 4.74 Å². The third-order valence-electron chi connectivity index (χ3n) is 3.85. The normalized spacial score (nSPS) is 20.4. The number of alkyl halides is 1. The Kier molecular flexibility index (Phi) is 3.27. The van der Waals surface area contributed by atoms with Crippen LogP contribution < -0.4 is 0 Å². The van der Waals surface area contributed by atoms with Crippen LogP contribution in [0.5, 0.6) is 0 Å². The fourth-order valence-corrected chi connectivity index (χ4v) is 3.76. The van der Waals surface area contributed by atoms with Crippen LogP contribution in [0.25, 0.3) is 10.2 Å². The average Bonchev–Trinajstić information content (AvgIpc) is 3.02. The molecule has 3 nitrogen and oxygen atoms in total. The fourth-order valence-electron chi connectivity index (χ4n) is 2.63. The van der Waals surface area contributed by atoms with Crippen molar-refractivity contribution in [1.29, 1.82) is 0 Å².